The summed E-state index contributed by atoms with van der Waals surface area (Å²) in [5, 5.41) is 42.4. The molecule has 0 aliphatic heterocycles. The van der Waals surface area contributed by atoms with Crippen LogP contribution < -0.4 is 0 Å². The predicted molar refractivity (Wildman–Crippen MR) is 87.9 cm³/mol. The molecule has 0 heterocycles. The molecule has 3 fully saturated rings. The molecule has 0 bridgehead atoms. The molecule has 23 heavy (non-hydrogen) atoms. The zero-order valence-electron chi connectivity index (χ0n) is 14.5. The Morgan fingerprint density at radius 3 is 2.39 bits per heavy atom. The summed E-state index contributed by atoms with van der Waals surface area (Å²) in [7, 11) is 4.17. The molecule has 0 radical (unpaired) electrons. The Bertz CT molecular complexity index is 431. The van der Waals surface area contributed by atoms with Gasteiger partial charge in [0.1, 0.15) is 0 Å². The SMILES string of the molecule is CN(C)CCCC1CCCC2C1CC1(O)CC(O)C(O)CC21O. The molecule has 5 heteroatoms. The molecule has 134 valence electrons. The maximum absolute atomic E-state index is 11.3. The lowest BCUT2D eigenvalue weighted by Crippen LogP contribution is -2.62. The monoisotopic (exact) mass is 327 g/mol. The second-order valence-corrected chi connectivity index (χ2v) is 8.61. The maximum atomic E-state index is 11.3. The van der Waals surface area contributed by atoms with Crippen LogP contribution in [0.4, 0.5) is 0 Å². The second-order valence-electron chi connectivity index (χ2n) is 8.61. The Labute approximate surface area is 139 Å². The van der Waals surface area contributed by atoms with E-state index in [1.165, 1.54) is 6.42 Å². The number of fused-ring (bicyclic) bond motifs is 3. The zero-order valence-corrected chi connectivity index (χ0v) is 14.5. The quantitative estimate of drug-likeness (QED) is 0.612. The molecule has 4 N–H and O–H groups in total. The van der Waals surface area contributed by atoms with Crippen molar-refractivity contribution in [1.82, 2.24) is 4.90 Å². The normalized spacial score (nSPS) is 50.0. The van der Waals surface area contributed by atoms with Gasteiger partial charge in [-0.1, -0.05) is 12.8 Å². The molecule has 7 atom stereocenters. The Balaban J connectivity index is 1.75. The first kappa shape index (κ1) is 17.6. The molecule has 3 saturated carbocycles. The molecular formula is C18H33NO4. The van der Waals surface area contributed by atoms with Gasteiger partial charge in [-0.25, -0.2) is 0 Å². The fourth-order valence-corrected chi connectivity index (χ4v) is 5.74. The third kappa shape index (κ3) is 2.95. The van der Waals surface area contributed by atoms with E-state index in [1.54, 1.807) is 0 Å². The van der Waals surface area contributed by atoms with Crippen molar-refractivity contribution in [2.24, 2.45) is 17.8 Å². The second kappa shape index (κ2) is 6.26. The van der Waals surface area contributed by atoms with Crippen LogP contribution in [-0.4, -0.2) is 69.4 Å². The molecule has 0 amide bonds. The van der Waals surface area contributed by atoms with Gasteiger partial charge in [0.05, 0.1) is 23.4 Å². The summed E-state index contributed by atoms with van der Waals surface area (Å²) in [5.74, 6) is 0.924. The van der Waals surface area contributed by atoms with E-state index in [0.29, 0.717) is 18.3 Å². The van der Waals surface area contributed by atoms with Gasteiger partial charge in [0.15, 0.2) is 0 Å². The standard InChI is InChI=1S/C18H33NO4/c1-19(2)8-4-6-12-5-3-7-14-13(12)9-17(22)10-15(20)16(21)11-18(14,17)23/h12-16,20-23H,3-11H2,1-2H3. The molecule has 5 nitrogen and oxygen atoms in total. The Morgan fingerprint density at radius 2 is 1.70 bits per heavy atom. The molecule has 3 aliphatic carbocycles. The highest BCUT2D eigenvalue weighted by Gasteiger charge is 2.67. The Hall–Kier alpha value is -0.200. The van der Waals surface area contributed by atoms with E-state index in [1.807, 2.05) is 0 Å². The van der Waals surface area contributed by atoms with Gasteiger partial charge in [0.2, 0.25) is 0 Å². The summed E-state index contributed by atoms with van der Waals surface area (Å²) in [6.45, 7) is 1.07. The average Bonchev–Trinajstić information content (AvgIpc) is 2.68. The molecule has 0 aromatic rings. The lowest BCUT2D eigenvalue weighted by molar-refractivity contribution is -0.221. The Morgan fingerprint density at radius 1 is 1.00 bits per heavy atom. The Kier molecular flexibility index (Phi) is 4.80. The average molecular weight is 327 g/mol. The van der Waals surface area contributed by atoms with Crippen molar-refractivity contribution in [2.45, 2.75) is 74.8 Å². The van der Waals surface area contributed by atoms with Crippen molar-refractivity contribution in [3.8, 4) is 0 Å². The first-order valence-corrected chi connectivity index (χ1v) is 9.22. The minimum atomic E-state index is -1.23. The van der Waals surface area contributed by atoms with Crippen molar-refractivity contribution in [3.63, 3.8) is 0 Å². The largest absolute Gasteiger partial charge is 0.390 e. The van der Waals surface area contributed by atoms with E-state index in [4.69, 9.17) is 0 Å². The maximum Gasteiger partial charge on any atom is 0.0990 e. The summed E-state index contributed by atoms with van der Waals surface area (Å²) in [6.07, 6.45) is 4.40. The van der Waals surface area contributed by atoms with Crippen LogP contribution in [0.5, 0.6) is 0 Å². The van der Waals surface area contributed by atoms with E-state index in [0.717, 1.165) is 32.2 Å². The number of hydrogen-bond acceptors (Lipinski definition) is 5. The van der Waals surface area contributed by atoms with Gasteiger partial charge in [0, 0.05) is 12.8 Å². The molecule has 0 spiro atoms. The number of rotatable bonds is 4. The molecule has 0 aromatic carbocycles. The van der Waals surface area contributed by atoms with Gasteiger partial charge in [-0.3, -0.25) is 0 Å². The van der Waals surface area contributed by atoms with E-state index >= 15 is 0 Å². The molecule has 0 aromatic heterocycles. The number of hydrogen-bond donors (Lipinski definition) is 4. The van der Waals surface area contributed by atoms with Gasteiger partial charge >= 0.3 is 0 Å². The lowest BCUT2D eigenvalue weighted by atomic mass is 9.64. The molecule has 7 unspecified atom stereocenters. The van der Waals surface area contributed by atoms with Gasteiger partial charge in [-0.2, -0.15) is 0 Å². The molecule has 0 saturated heterocycles. The van der Waals surface area contributed by atoms with Gasteiger partial charge < -0.3 is 25.3 Å². The van der Waals surface area contributed by atoms with Crippen LogP contribution in [-0.2, 0) is 0 Å². The molecular weight excluding hydrogens is 294 g/mol. The van der Waals surface area contributed by atoms with Crippen molar-refractivity contribution in [3.05, 3.63) is 0 Å². The number of nitrogens with zero attached hydrogens (tertiary/aromatic N) is 1. The van der Waals surface area contributed by atoms with Gasteiger partial charge in [-0.05, 0) is 64.1 Å². The summed E-state index contributed by atoms with van der Waals surface area (Å²) in [4.78, 5) is 2.20. The molecule has 3 rings (SSSR count). The predicted octanol–water partition coefficient (Wildman–Crippen LogP) is 0.742. The van der Waals surface area contributed by atoms with Crippen molar-refractivity contribution in [1.29, 1.82) is 0 Å². The van der Waals surface area contributed by atoms with Gasteiger partial charge in [-0.15, -0.1) is 0 Å². The lowest BCUT2D eigenvalue weighted by Gasteiger charge is -2.49. The highest BCUT2D eigenvalue weighted by atomic mass is 16.4. The van der Waals surface area contributed by atoms with E-state index in [9.17, 15) is 20.4 Å². The summed E-state index contributed by atoms with van der Waals surface area (Å²) in [5.41, 5.74) is -2.46. The van der Waals surface area contributed by atoms with Crippen LogP contribution in [0.15, 0.2) is 0 Å². The van der Waals surface area contributed by atoms with Crippen molar-refractivity contribution < 1.29 is 20.4 Å². The van der Waals surface area contributed by atoms with Crippen LogP contribution in [0, 0.1) is 17.8 Å². The van der Waals surface area contributed by atoms with E-state index in [2.05, 4.69) is 19.0 Å². The third-order valence-corrected chi connectivity index (χ3v) is 6.90. The number of aliphatic hydroxyl groups excluding tert-OH is 2. The third-order valence-electron chi connectivity index (χ3n) is 6.90. The van der Waals surface area contributed by atoms with Crippen molar-refractivity contribution >= 4 is 0 Å². The first-order chi connectivity index (χ1) is 10.8. The van der Waals surface area contributed by atoms with E-state index in [-0.39, 0.29) is 18.8 Å². The van der Waals surface area contributed by atoms with Crippen LogP contribution >= 0.6 is 0 Å². The minimum absolute atomic E-state index is 0.0627. The highest BCUT2D eigenvalue weighted by Crippen LogP contribution is 2.60. The first-order valence-electron chi connectivity index (χ1n) is 9.22. The summed E-state index contributed by atoms with van der Waals surface area (Å²) in [6, 6.07) is 0. The van der Waals surface area contributed by atoms with Crippen molar-refractivity contribution in [2.75, 3.05) is 20.6 Å². The summed E-state index contributed by atoms with van der Waals surface area (Å²) >= 11 is 0. The van der Waals surface area contributed by atoms with Crippen LogP contribution in [0.2, 0.25) is 0 Å². The van der Waals surface area contributed by atoms with Crippen LogP contribution in [0.25, 0.3) is 0 Å². The van der Waals surface area contributed by atoms with E-state index < -0.39 is 23.4 Å². The van der Waals surface area contributed by atoms with Crippen LogP contribution in [0.1, 0.15) is 51.4 Å². The molecule has 3 aliphatic rings. The minimum Gasteiger partial charge on any atom is -0.390 e. The topological polar surface area (TPSA) is 84.2 Å². The zero-order chi connectivity index (χ0) is 16.8. The van der Waals surface area contributed by atoms with Gasteiger partial charge in [0.25, 0.3) is 0 Å². The number of aliphatic hydroxyl groups is 4. The highest BCUT2D eigenvalue weighted by molar-refractivity contribution is 5.18. The fourth-order valence-electron chi connectivity index (χ4n) is 5.74. The summed E-state index contributed by atoms with van der Waals surface area (Å²) < 4.78 is 0. The van der Waals surface area contributed by atoms with Crippen LogP contribution in [0.3, 0.4) is 0 Å². The fraction of sp³-hybridized carbons (Fsp3) is 1.00. The smallest absolute Gasteiger partial charge is 0.0990 e.